The molecule has 0 saturated carbocycles. The maximum Gasteiger partial charge on any atom is 0.262 e. The molecule has 0 radical (unpaired) electrons. The summed E-state index contributed by atoms with van der Waals surface area (Å²) < 4.78 is 15.0. The third kappa shape index (κ3) is 3.88. The standard InChI is InChI=1S/C24H25FN6O/c1-15-7-8-28-23(9-15)30(2)24(32)19-5-3-16(10-20(19)25)21-13-29-22-6-4-17(14-31(21)22)18(11-26)12-27/h3-11,13-14,22,29H,12,26-27H2,1-2H3/b18-11+. The maximum atomic E-state index is 15.0. The highest BCUT2D eigenvalue weighted by Gasteiger charge is 2.27. The van der Waals surface area contributed by atoms with E-state index in [1.165, 1.54) is 23.2 Å². The van der Waals surface area contributed by atoms with Crippen LogP contribution in [0.1, 0.15) is 21.5 Å². The minimum atomic E-state index is -0.599. The molecule has 1 aromatic heterocycles. The number of allylic oxidation sites excluding steroid dienone is 1. The second-order valence-corrected chi connectivity index (χ2v) is 7.64. The zero-order valence-corrected chi connectivity index (χ0v) is 17.9. The quantitative estimate of drug-likeness (QED) is 0.672. The first kappa shape index (κ1) is 21.3. The number of halogens is 1. The van der Waals surface area contributed by atoms with E-state index in [2.05, 4.69) is 10.3 Å². The van der Waals surface area contributed by atoms with Crippen LogP contribution in [0.4, 0.5) is 10.2 Å². The largest absolute Gasteiger partial charge is 0.404 e. The Hall–Kier alpha value is -3.91. The van der Waals surface area contributed by atoms with Crippen molar-refractivity contribution in [2.75, 3.05) is 18.5 Å². The average Bonchev–Trinajstić information content (AvgIpc) is 3.22. The number of hydrogen-bond donors (Lipinski definition) is 3. The topological polar surface area (TPSA) is 101 Å². The number of carbonyl (C=O) groups excluding carboxylic acids is 1. The van der Waals surface area contributed by atoms with Crippen molar-refractivity contribution >= 4 is 17.4 Å². The number of anilines is 1. The number of carbonyl (C=O) groups is 1. The molecule has 1 atom stereocenters. The van der Waals surface area contributed by atoms with Gasteiger partial charge in [-0.3, -0.25) is 9.69 Å². The van der Waals surface area contributed by atoms with E-state index in [0.29, 0.717) is 17.9 Å². The maximum absolute atomic E-state index is 15.0. The third-order valence-corrected chi connectivity index (χ3v) is 5.54. The Kier molecular flexibility index (Phi) is 5.79. The molecule has 0 bridgehead atoms. The lowest BCUT2D eigenvalue weighted by Gasteiger charge is -2.28. The van der Waals surface area contributed by atoms with E-state index in [1.54, 1.807) is 25.4 Å². The van der Waals surface area contributed by atoms with Crippen molar-refractivity contribution < 1.29 is 9.18 Å². The fourth-order valence-corrected chi connectivity index (χ4v) is 3.70. The van der Waals surface area contributed by atoms with Crippen LogP contribution in [0.15, 0.2) is 78.4 Å². The fraction of sp³-hybridized carbons (Fsp3) is 0.167. The van der Waals surface area contributed by atoms with Gasteiger partial charge in [-0.25, -0.2) is 9.37 Å². The van der Waals surface area contributed by atoms with Crippen molar-refractivity contribution in [2.45, 2.75) is 13.1 Å². The summed E-state index contributed by atoms with van der Waals surface area (Å²) in [5, 5.41) is 3.25. The van der Waals surface area contributed by atoms with Gasteiger partial charge in [-0.05, 0) is 60.2 Å². The van der Waals surface area contributed by atoms with Crippen LogP contribution >= 0.6 is 0 Å². The molecule has 32 heavy (non-hydrogen) atoms. The highest BCUT2D eigenvalue weighted by Crippen LogP contribution is 2.31. The lowest BCUT2D eigenvalue weighted by molar-refractivity contribution is 0.0988. The second-order valence-electron chi connectivity index (χ2n) is 7.64. The van der Waals surface area contributed by atoms with Crippen molar-refractivity contribution in [1.29, 1.82) is 0 Å². The predicted octanol–water partition coefficient (Wildman–Crippen LogP) is 2.59. The highest BCUT2D eigenvalue weighted by atomic mass is 19.1. The number of amides is 1. The van der Waals surface area contributed by atoms with Gasteiger partial charge < -0.3 is 21.7 Å². The van der Waals surface area contributed by atoms with Gasteiger partial charge in [-0.1, -0.05) is 12.1 Å². The number of fused-ring (bicyclic) bond motifs is 1. The van der Waals surface area contributed by atoms with Crippen LogP contribution in [0, 0.1) is 12.7 Å². The molecule has 164 valence electrons. The zero-order chi connectivity index (χ0) is 22.8. The van der Waals surface area contributed by atoms with Crippen LogP contribution in [0.3, 0.4) is 0 Å². The summed E-state index contributed by atoms with van der Waals surface area (Å²) in [4.78, 5) is 20.4. The summed E-state index contributed by atoms with van der Waals surface area (Å²) in [6, 6.07) is 8.22. The van der Waals surface area contributed by atoms with E-state index in [-0.39, 0.29) is 11.7 Å². The van der Waals surface area contributed by atoms with E-state index >= 15 is 4.39 Å². The predicted molar refractivity (Wildman–Crippen MR) is 123 cm³/mol. The van der Waals surface area contributed by atoms with Crippen LogP contribution in [-0.4, -0.2) is 35.5 Å². The van der Waals surface area contributed by atoms with E-state index in [1.807, 2.05) is 42.4 Å². The fourth-order valence-electron chi connectivity index (χ4n) is 3.70. The van der Waals surface area contributed by atoms with E-state index in [4.69, 9.17) is 11.5 Å². The van der Waals surface area contributed by atoms with Crippen LogP contribution in [0.2, 0.25) is 0 Å². The summed E-state index contributed by atoms with van der Waals surface area (Å²) in [7, 11) is 1.58. The molecule has 4 rings (SSSR count). The van der Waals surface area contributed by atoms with E-state index in [9.17, 15) is 4.79 Å². The zero-order valence-electron chi connectivity index (χ0n) is 17.9. The molecule has 1 unspecified atom stereocenters. The first-order valence-electron chi connectivity index (χ1n) is 10.2. The third-order valence-electron chi connectivity index (χ3n) is 5.54. The van der Waals surface area contributed by atoms with Crippen LogP contribution in [0.25, 0.3) is 5.70 Å². The Bertz CT molecular complexity index is 1180. The normalized spacial score (nSPS) is 17.4. The molecular weight excluding hydrogens is 407 g/mol. The van der Waals surface area contributed by atoms with E-state index < -0.39 is 11.7 Å². The van der Waals surface area contributed by atoms with Crippen molar-refractivity contribution in [3.05, 3.63) is 101 Å². The van der Waals surface area contributed by atoms with Crippen molar-refractivity contribution in [1.82, 2.24) is 15.2 Å². The van der Waals surface area contributed by atoms with Gasteiger partial charge in [-0.2, -0.15) is 0 Å². The number of aryl methyl sites for hydroxylation is 1. The van der Waals surface area contributed by atoms with Gasteiger partial charge in [0.25, 0.3) is 5.91 Å². The number of aromatic nitrogens is 1. The van der Waals surface area contributed by atoms with Crippen molar-refractivity contribution in [3.8, 4) is 0 Å². The first-order chi connectivity index (χ1) is 15.4. The van der Waals surface area contributed by atoms with Gasteiger partial charge in [0.2, 0.25) is 0 Å². The van der Waals surface area contributed by atoms with Gasteiger partial charge >= 0.3 is 0 Å². The molecule has 3 heterocycles. The molecule has 2 aliphatic heterocycles. The SMILES string of the molecule is Cc1ccnc(N(C)C(=O)c2ccc(C3=CNC4C=CC(/C(=C/N)CN)=CN34)cc2F)c1. The number of benzene rings is 1. The number of hydrogen-bond acceptors (Lipinski definition) is 6. The Morgan fingerprint density at radius 2 is 2.16 bits per heavy atom. The van der Waals surface area contributed by atoms with Gasteiger partial charge in [-0.15, -0.1) is 0 Å². The Labute approximate surface area is 186 Å². The minimum absolute atomic E-state index is 0.0195. The lowest BCUT2D eigenvalue weighted by Crippen LogP contribution is -2.33. The summed E-state index contributed by atoms with van der Waals surface area (Å²) >= 11 is 0. The Morgan fingerprint density at radius 1 is 1.34 bits per heavy atom. The summed E-state index contributed by atoms with van der Waals surface area (Å²) in [6.45, 7) is 2.22. The van der Waals surface area contributed by atoms with Crippen molar-refractivity contribution in [2.24, 2.45) is 11.5 Å². The number of nitrogens with one attached hydrogen (secondary N) is 1. The smallest absolute Gasteiger partial charge is 0.262 e. The van der Waals surface area contributed by atoms with Crippen LogP contribution in [0.5, 0.6) is 0 Å². The van der Waals surface area contributed by atoms with Gasteiger partial charge in [0.05, 0.1) is 11.3 Å². The van der Waals surface area contributed by atoms with Gasteiger partial charge in [0.1, 0.15) is 17.8 Å². The molecule has 0 saturated heterocycles. The number of nitrogens with zero attached hydrogens (tertiary/aromatic N) is 3. The second kappa shape index (κ2) is 8.68. The molecule has 1 aromatic carbocycles. The highest BCUT2D eigenvalue weighted by molar-refractivity contribution is 6.05. The van der Waals surface area contributed by atoms with E-state index in [0.717, 1.165) is 22.4 Å². The van der Waals surface area contributed by atoms with Crippen LogP contribution in [-0.2, 0) is 0 Å². The molecule has 2 aromatic rings. The first-order valence-corrected chi connectivity index (χ1v) is 10.2. The minimum Gasteiger partial charge on any atom is -0.404 e. The molecule has 2 aliphatic rings. The Morgan fingerprint density at radius 3 is 2.84 bits per heavy atom. The summed E-state index contributed by atoms with van der Waals surface area (Å²) in [6.07, 6.45) is 10.7. The van der Waals surface area contributed by atoms with Gasteiger partial charge in [0, 0.05) is 37.8 Å². The average molecular weight is 433 g/mol. The molecule has 1 amide bonds. The molecule has 0 fully saturated rings. The summed E-state index contributed by atoms with van der Waals surface area (Å²) in [5.74, 6) is -0.602. The number of pyridine rings is 1. The monoisotopic (exact) mass is 432 g/mol. The number of nitrogens with two attached hydrogens (primary N) is 2. The molecule has 5 N–H and O–H groups in total. The molecule has 7 nitrogen and oxygen atoms in total. The van der Waals surface area contributed by atoms with Crippen LogP contribution < -0.4 is 21.7 Å². The number of rotatable bonds is 5. The molecule has 0 spiro atoms. The molecular formula is C24H25FN6O. The molecule has 8 heteroatoms. The molecule has 0 aliphatic carbocycles. The van der Waals surface area contributed by atoms with Gasteiger partial charge in [0.15, 0.2) is 0 Å². The summed E-state index contributed by atoms with van der Waals surface area (Å²) in [5.41, 5.74) is 15.5. The van der Waals surface area contributed by atoms with Crippen molar-refractivity contribution in [3.63, 3.8) is 0 Å². The Balaban J connectivity index is 1.60. The lowest BCUT2D eigenvalue weighted by atomic mass is 10.0.